The molecule has 0 bridgehead atoms. The third kappa shape index (κ3) is 3.68. The normalized spacial score (nSPS) is 27.3. The lowest BCUT2D eigenvalue weighted by Crippen LogP contribution is -2.37. The second-order valence-corrected chi connectivity index (χ2v) is 4.64. The molecule has 1 saturated heterocycles. The molecule has 0 aromatic rings. The molecule has 0 radical (unpaired) electrons. The lowest BCUT2D eigenvalue weighted by Gasteiger charge is -2.29. The van der Waals surface area contributed by atoms with Gasteiger partial charge in [0.2, 0.25) is 0 Å². The number of thioether (sulfide) groups is 1. The molecule has 1 unspecified atom stereocenters. The van der Waals surface area contributed by atoms with Crippen molar-refractivity contribution in [1.29, 1.82) is 0 Å². The maximum absolute atomic E-state index is 6.04. The van der Waals surface area contributed by atoms with Crippen LogP contribution in [0.15, 0.2) is 0 Å². The zero-order chi connectivity index (χ0) is 8.10. The van der Waals surface area contributed by atoms with Crippen molar-refractivity contribution in [2.45, 2.75) is 18.2 Å². The molecule has 3 heteroatoms. The Morgan fingerprint density at radius 3 is 3.09 bits per heavy atom. The Balaban J connectivity index is 2.12. The quantitative estimate of drug-likeness (QED) is 0.632. The van der Waals surface area contributed by atoms with Crippen LogP contribution in [0.1, 0.15) is 12.8 Å². The average molecular weight is 194 g/mol. The highest BCUT2D eigenvalue weighted by Gasteiger charge is 2.16. The minimum atomic E-state index is 0.408. The zero-order valence-corrected chi connectivity index (χ0v) is 8.63. The van der Waals surface area contributed by atoms with Gasteiger partial charge in [-0.3, -0.25) is 0 Å². The predicted octanol–water partition coefficient (Wildman–Crippen LogP) is 2.05. The van der Waals surface area contributed by atoms with E-state index in [4.69, 9.17) is 11.6 Å². The number of likely N-dealkylation sites (tertiary alicyclic amines) is 1. The van der Waals surface area contributed by atoms with Gasteiger partial charge in [0.15, 0.2) is 0 Å². The number of alkyl halides is 1. The van der Waals surface area contributed by atoms with Crippen LogP contribution in [0.4, 0.5) is 0 Å². The first-order valence-electron chi connectivity index (χ1n) is 4.18. The summed E-state index contributed by atoms with van der Waals surface area (Å²) >= 11 is 7.95. The largest absolute Gasteiger partial charge is 0.301 e. The molecule has 1 heterocycles. The fourth-order valence-corrected chi connectivity index (χ4v) is 2.21. The first-order chi connectivity index (χ1) is 5.33. The number of halogens is 1. The smallest absolute Gasteiger partial charge is 0.0463 e. The van der Waals surface area contributed by atoms with Gasteiger partial charge in [-0.05, 0) is 25.6 Å². The molecule has 0 spiro atoms. The summed E-state index contributed by atoms with van der Waals surface area (Å²) in [5.41, 5.74) is 0. The van der Waals surface area contributed by atoms with Gasteiger partial charge < -0.3 is 4.90 Å². The molecule has 1 aliphatic heterocycles. The lowest BCUT2D eigenvalue weighted by molar-refractivity contribution is 0.245. The van der Waals surface area contributed by atoms with Crippen LogP contribution in [-0.2, 0) is 0 Å². The summed E-state index contributed by atoms with van der Waals surface area (Å²) in [5.74, 6) is 1.24. The molecule has 0 aliphatic carbocycles. The SMILES string of the molecule is CSCCN1CCCC(Cl)C1. The summed E-state index contributed by atoms with van der Waals surface area (Å²) < 4.78 is 0. The van der Waals surface area contributed by atoms with E-state index in [1.807, 2.05) is 11.8 Å². The van der Waals surface area contributed by atoms with E-state index >= 15 is 0 Å². The Kier molecular flexibility index (Phi) is 4.65. The zero-order valence-electron chi connectivity index (χ0n) is 7.05. The first kappa shape index (κ1) is 9.69. The molecule has 0 amide bonds. The van der Waals surface area contributed by atoms with Gasteiger partial charge in [0.25, 0.3) is 0 Å². The van der Waals surface area contributed by atoms with Crippen molar-refractivity contribution in [2.24, 2.45) is 0 Å². The highest BCUT2D eigenvalue weighted by molar-refractivity contribution is 7.98. The van der Waals surface area contributed by atoms with E-state index in [1.165, 1.54) is 31.7 Å². The molecule has 11 heavy (non-hydrogen) atoms. The van der Waals surface area contributed by atoms with Gasteiger partial charge in [-0.15, -0.1) is 11.6 Å². The van der Waals surface area contributed by atoms with E-state index in [-0.39, 0.29) is 0 Å². The third-order valence-electron chi connectivity index (χ3n) is 2.06. The minimum absolute atomic E-state index is 0.408. The Morgan fingerprint density at radius 2 is 2.45 bits per heavy atom. The predicted molar refractivity (Wildman–Crippen MR) is 53.7 cm³/mol. The number of piperidine rings is 1. The highest BCUT2D eigenvalue weighted by Crippen LogP contribution is 2.14. The van der Waals surface area contributed by atoms with Crippen LogP contribution in [0.3, 0.4) is 0 Å². The van der Waals surface area contributed by atoms with E-state index in [9.17, 15) is 0 Å². The van der Waals surface area contributed by atoms with Crippen molar-refractivity contribution in [3.05, 3.63) is 0 Å². The van der Waals surface area contributed by atoms with Gasteiger partial charge in [0, 0.05) is 24.2 Å². The molecule has 0 saturated carbocycles. The van der Waals surface area contributed by atoms with E-state index in [2.05, 4.69) is 11.2 Å². The summed E-state index contributed by atoms with van der Waals surface area (Å²) in [7, 11) is 0. The number of rotatable bonds is 3. The molecule has 1 atom stereocenters. The summed E-state index contributed by atoms with van der Waals surface area (Å²) in [5, 5.41) is 0.408. The standard InChI is InChI=1S/C8H16ClNS/c1-11-6-5-10-4-2-3-8(9)7-10/h8H,2-7H2,1H3. The topological polar surface area (TPSA) is 3.24 Å². The van der Waals surface area contributed by atoms with Crippen molar-refractivity contribution >= 4 is 23.4 Å². The molecule has 0 N–H and O–H groups in total. The molecular formula is C8H16ClNS. The van der Waals surface area contributed by atoms with Crippen LogP contribution >= 0.6 is 23.4 Å². The van der Waals surface area contributed by atoms with Crippen LogP contribution < -0.4 is 0 Å². The summed E-state index contributed by atoms with van der Waals surface area (Å²) in [4.78, 5) is 2.47. The van der Waals surface area contributed by atoms with Crippen molar-refractivity contribution in [3.63, 3.8) is 0 Å². The molecule has 1 fully saturated rings. The Morgan fingerprint density at radius 1 is 1.64 bits per heavy atom. The maximum atomic E-state index is 6.04. The van der Waals surface area contributed by atoms with Gasteiger partial charge in [-0.2, -0.15) is 11.8 Å². The molecule has 1 rings (SSSR count). The molecule has 0 aromatic heterocycles. The van der Waals surface area contributed by atoms with Crippen molar-refractivity contribution in [3.8, 4) is 0 Å². The van der Waals surface area contributed by atoms with E-state index in [0.717, 1.165) is 6.54 Å². The van der Waals surface area contributed by atoms with Crippen molar-refractivity contribution in [1.82, 2.24) is 4.90 Å². The maximum Gasteiger partial charge on any atom is 0.0463 e. The van der Waals surface area contributed by atoms with E-state index < -0.39 is 0 Å². The summed E-state index contributed by atoms with van der Waals surface area (Å²) in [6, 6.07) is 0. The van der Waals surface area contributed by atoms with Gasteiger partial charge in [-0.25, -0.2) is 0 Å². The van der Waals surface area contributed by atoms with Crippen LogP contribution in [0, 0.1) is 0 Å². The van der Waals surface area contributed by atoms with Gasteiger partial charge in [-0.1, -0.05) is 0 Å². The molecule has 66 valence electrons. The van der Waals surface area contributed by atoms with Crippen LogP contribution in [0.25, 0.3) is 0 Å². The minimum Gasteiger partial charge on any atom is -0.301 e. The molecule has 1 nitrogen and oxygen atoms in total. The second-order valence-electron chi connectivity index (χ2n) is 3.03. The number of hydrogen-bond donors (Lipinski definition) is 0. The van der Waals surface area contributed by atoms with Crippen LogP contribution in [-0.4, -0.2) is 41.9 Å². The van der Waals surface area contributed by atoms with Gasteiger partial charge in [0.1, 0.15) is 0 Å². The van der Waals surface area contributed by atoms with Crippen molar-refractivity contribution in [2.75, 3.05) is 31.6 Å². The monoisotopic (exact) mass is 193 g/mol. The summed E-state index contributed by atoms with van der Waals surface area (Å²) in [6.45, 7) is 3.57. The summed E-state index contributed by atoms with van der Waals surface area (Å²) in [6.07, 6.45) is 4.64. The molecular weight excluding hydrogens is 178 g/mol. The van der Waals surface area contributed by atoms with Gasteiger partial charge >= 0.3 is 0 Å². The van der Waals surface area contributed by atoms with Crippen LogP contribution in [0.5, 0.6) is 0 Å². The molecule has 1 aliphatic rings. The van der Waals surface area contributed by atoms with E-state index in [0.29, 0.717) is 5.38 Å². The van der Waals surface area contributed by atoms with Crippen LogP contribution in [0.2, 0.25) is 0 Å². The lowest BCUT2D eigenvalue weighted by atomic mass is 10.1. The third-order valence-corrected chi connectivity index (χ3v) is 3.01. The fourth-order valence-electron chi connectivity index (χ4n) is 1.42. The van der Waals surface area contributed by atoms with E-state index in [1.54, 1.807) is 0 Å². The Bertz CT molecular complexity index is 110. The fraction of sp³-hybridized carbons (Fsp3) is 1.00. The van der Waals surface area contributed by atoms with Gasteiger partial charge in [0.05, 0.1) is 0 Å². The first-order valence-corrected chi connectivity index (χ1v) is 6.01. The average Bonchev–Trinajstić information content (AvgIpc) is 2.01. The second kappa shape index (κ2) is 5.28. The number of hydrogen-bond acceptors (Lipinski definition) is 2. The Labute approximate surface area is 78.5 Å². The van der Waals surface area contributed by atoms with Crippen molar-refractivity contribution < 1.29 is 0 Å². The Hall–Kier alpha value is 0.600. The molecule has 0 aromatic carbocycles. The highest BCUT2D eigenvalue weighted by atomic mass is 35.5. The number of nitrogens with zero attached hydrogens (tertiary/aromatic N) is 1.